The fraction of sp³-hybridized carbons (Fsp3) is 0.240. The Labute approximate surface area is 353 Å². The molecule has 11 rings (SSSR count). The monoisotopic (exact) mass is 816 g/mol. The Bertz CT molecular complexity index is 2960. The molecule has 6 aliphatic rings. The number of nitrogens with zero attached hydrogens (tertiary/aromatic N) is 4. The van der Waals surface area contributed by atoms with E-state index in [1.807, 2.05) is 82.6 Å². The zero-order valence-electron chi connectivity index (χ0n) is 31.8. The summed E-state index contributed by atoms with van der Waals surface area (Å²) in [7, 11) is 0. The molecule has 0 unspecified atom stereocenters. The largest absolute Gasteiger partial charge is 0.289 e. The highest BCUT2D eigenvalue weighted by Gasteiger charge is 2.49. The summed E-state index contributed by atoms with van der Waals surface area (Å²) in [5.74, 6) is -0.266. The van der Waals surface area contributed by atoms with Gasteiger partial charge in [0.2, 0.25) is 0 Å². The van der Waals surface area contributed by atoms with Gasteiger partial charge < -0.3 is 0 Å². The Morgan fingerprint density at radius 3 is 1.34 bits per heavy atom. The Kier molecular flexibility index (Phi) is 8.01. The molecule has 0 N–H and O–H groups in total. The van der Waals surface area contributed by atoms with Gasteiger partial charge in [-0.25, -0.2) is 20.2 Å². The molecule has 0 aliphatic heterocycles. The zero-order chi connectivity index (χ0) is 40.2. The topological polar surface area (TPSA) is 90.4 Å². The number of fused-ring (bicyclic) bond motifs is 11. The quantitative estimate of drug-likeness (QED) is 0.101. The Balaban J connectivity index is 1.07. The third-order valence-electron chi connectivity index (χ3n) is 13.7. The van der Waals surface area contributed by atoms with Gasteiger partial charge in [-0.15, -0.1) is 34.0 Å². The number of carbonyl (C=O) groups excluding carboxylic acids is 2. The van der Waals surface area contributed by atoms with Crippen LogP contribution in [0.4, 0.5) is 0 Å². The molecule has 0 atom stereocenters. The summed E-state index contributed by atoms with van der Waals surface area (Å²) in [6.45, 7) is 15.7. The number of allylic oxidation sites excluding steroid dienone is 10. The minimum Gasteiger partial charge on any atom is -0.289 e. The third kappa shape index (κ3) is 4.79. The van der Waals surface area contributed by atoms with Gasteiger partial charge in [0, 0.05) is 54.0 Å². The van der Waals surface area contributed by atoms with Crippen LogP contribution in [-0.2, 0) is 10.8 Å². The Hall–Kier alpha value is -6.20. The van der Waals surface area contributed by atoms with Gasteiger partial charge >= 0.3 is 0 Å². The van der Waals surface area contributed by atoms with Crippen molar-refractivity contribution in [3.05, 3.63) is 160 Å². The molecule has 6 aliphatic carbocycles. The molecule has 59 heavy (non-hydrogen) atoms. The summed E-state index contributed by atoms with van der Waals surface area (Å²) in [6, 6.07) is 18.8. The molecule has 0 amide bonds. The van der Waals surface area contributed by atoms with E-state index in [1.54, 1.807) is 12.1 Å². The lowest BCUT2D eigenvalue weighted by Gasteiger charge is -2.37. The Morgan fingerprint density at radius 2 is 0.966 bits per heavy atom. The molecule has 0 bridgehead atoms. The molecule has 6 nitrogen and oxygen atoms in total. The molecule has 2 aromatic carbocycles. The third-order valence-corrected chi connectivity index (χ3v) is 17.6. The van der Waals surface area contributed by atoms with Crippen molar-refractivity contribution < 1.29 is 9.59 Å². The van der Waals surface area contributed by atoms with Crippen molar-refractivity contribution in [1.29, 1.82) is 10.5 Å². The Morgan fingerprint density at radius 1 is 0.576 bits per heavy atom. The first-order valence-corrected chi connectivity index (χ1v) is 22.6. The van der Waals surface area contributed by atoms with Crippen molar-refractivity contribution in [3.63, 3.8) is 0 Å². The minimum atomic E-state index is -0.266. The average molecular weight is 817 g/mol. The fourth-order valence-corrected chi connectivity index (χ4v) is 15.9. The first-order valence-electron chi connectivity index (χ1n) is 20.1. The standard InChI is InChI=1S/C50H32N4O2S3/c1-53-35(25-51)39-29-13-5-7-15-31(29)43(55)33(39)21-27-23-37-41(49(27)17-9-3-10-18-49)45-47(57-37)48-46(59-45)42-38(58-48)24-28(50(42)19-11-4-12-20-50)22-34-40(36(26-52)54-2)30-14-6-8-16-32(30)44(34)56/h5-8,13-16,21-24H,3-4,9-12,17-20H2/b33-21-,34-22+,39-35+,40-36-. The molecule has 282 valence electrons. The van der Waals surface area contributed by atoms with Crippen LogP contribution < -0.4 is 0 Å². The molecular weight excluding hydrogens is 785 g/mol. The highest BCUT2D eigenvalue weighted by molar-refractivity contribution is 7.39. The van der Waals surface area contributed by atoms with Crippen LogP contribution in [-0.4, -0.2) is 11.6 Å². The number of thiophene rings is 3. The second-order valence-electron chi connectivity index (χ2n) is 16.3. The lowest BCUT2D eigenvalue weighted by molar-refractivity contribution is 0.103. The molecule has 2 saturated carbocycles. The van der Waals surface area contributed by atoms with E-state index >= 15 is 0 Å². The van der Waals surface area contributed by atoms with Gasteiger partial charge in [0.1, 0.15) is 0 Å². The van der Waals surface area contributed by atoms with Gasteiger partial charge in [-0.2, -0.15) is 0 Å². The first kappa shape index (κ1) is 35.9. The predicted molar refractivity (Wildman–Crippen MR) is 237 cm³/mol. The van der Waals surface area contributed by atoms with Crippen LogP contribution in [0.2, 0.25) is 0 Å². The van der Waals surface area contributed by atoms with Gasteiger partial charge in [0.25, 0.3) is 11.4 Å². The number of hydrogen-bond donors (Lipinski definition) is 0. The smallest absolute Gasteiger partial charge is 0.270 e. The van der Waals surface area contributed by atoms with E-state index in [1.165, 1.54) is 39.7 Å². The summed E-state index contributed by atoms with van der Waals surface area (Å²) in [5.41, 5.74) is 8.51. The van der Waals surface area contributed by atoms with E-state index in [9.17, 15) is 20.1 Å². The number of hydrogen-bond acceptors (Lipinski definition) is 7. The van der Waals surface area contributed by atoms with Crippen molar-refractivity contribution in [2.45, 2.75) is 75.0 Å². The number of rotatable bonds is 2. The SMILES string of the molecule is [C-]#[N+]/C(C#N)=C1\C(=C/C2=Cc3sc4c(sc5c6c(sc54)C=C(/C=C4\C(=O)c5ccccc5\C4=C(\C#N)[N+]#[C-])C64CCCCC4)c3C23CCCCC3)C(=O)c2ccccc21. The fourth-order valence-electron chi connectivity index (χ4n) is 11.1. The zero-order valence-corrected chi connectivity index (χ0v) is 34.3. The van der Waals surface area contributed by atoms with Crippen LogP contribution >= 0.6 is 34.0 Å². The number of ketones is 2. The maximum absolute atomic E-state index is 14.1. The highest BCUT2D eigenvalue weighted by Crippen LogP contribution is 2.64. The summed E-state index contributed by atoms with van der Waals surface area (Å²) in [6.07, 6.45) is 19.2. The van der Waals surface area contributed by atoms with Crippen LogP contribution in [0.25, 0.3) is 51.8 Å². The minimum absolute atomic E-state index is 0.0541. The van der Waals surface area contributed by atoms with Crippen molar-refractivity contribution in [1.82, 2.24) is 0 Å². The number of carbonyl (C=O) groups is 2. The molecule has 5 aromatic rings. The normalized spacial score (nSPS) is 22.5. The number of Topliss-reactive ketones (excluding diaryl/α,β-unsaturated/α-hetero) is 2. The molecular formula is C50H32N4O2S3. The van der Waals surface area contributed by atoms with Gasteiger partial charge in [-0.1, -0.05) is 87.1 Å². The lowest BCUT2D eigenvalue weighted by Crippen LogP contribution is -2.29. The lowest BCUT2D eigenvalue weighted by atomic mass is 9.67. The van der Waals surface area contributed by atoms with E-state index in [-0.39, 0.29) is 33.8 Å². The van der Waals surface area contributed by atoms with Crippen LogP contribution in [0.1, 0.15) is 117 Å². The van der Waals surface area contributed by atoms with E-state index < -0.39 is 0 Å². The van der Waals surface area contributed by atoms with Crippen LogP contribution in [0.15, 0.2) is 94.4 Å². The van der Waals surface area contributed by atoms with Crippen molar-refractivity contribution in [3.8, 4) is 12.1 Å². The second-order valence-corrected chi connectivity index (χ2v) is 19.5. The van der Waals surface area contributed by atoms with Crippen LogP contribution in [0.5, 0.6) is 0 Å². The van der Waals surface area contributed by atoms with Gasteiger partial charge in [0.05, 0.1) is 44.1 Å². The summed E-state index contributed by atoms with van der Waals surface area (Å²) < 4.78 is 5.31. The molecule has 2 fully saturated rings. The second kappa shape index (κ2) is 13.2. The predicted octanol–water partition coefficient (Wildman–Crippen LogP) is 13.3. The highest BCUT2D eigenvalue weighted by atomic mass is 32.1. The summed E-state index contributed by atoms with van der Waals surface area (Å²) in [4.78, 5) is 37.8. The molecule has 3 aromatic heterocycles. The van der Waals surface area contributed by atoms with Gasteiger partial charge in [-0.3, -0.25) is 9.59 Å². The molecule has 2 spiro atoms. The molecule has 3 heterocycles. The van der Waals surface area contributed by atoms with Gasteiger partial charge in [-0.05, 0) is 83.4 Å². The number of benzene rings is 2. The maximum Gasteiger partial charge on any atom is 0.270 e. The van der Waals surface area contributed by atoms with Crippen molar-refractivity contribution in [2.75, 3.05) is 0 Å². The van der Waals surface area contributed by atoms with E-state index in [4.69, 9.17) is 13.1 Å². The maximum atomic E-state index is 14.1. The molecule has 0 saturated heterocycles. The molecule has 9 heteroatoms. The summed E-state index contributed by atoms with van der Waals surface area (Å²) >= 11 is 5.61. The average Bonchev–Trinajstić information content (AvgIpc) is 4.11. The van der Waals surface area contributed by atoms with E-state index in [0.29, 0.717) is 44.5 Å². The van der Waals surface area contributed by atoms with E-state index in [0.717, 1.165) is 75.4 Å². The number of nitriles is 2. The van der Waals surface area contributed by atoms with Crippen molar-refractivity contribution >= 4 is 87.7 Å². The first-order chi connectivity index (χ1) is 28.9. The molecule has 0 radical (unpaired) electrons. The van der Waals surface area contributed by atoms with Crippen molar-refractivity contribution in [2.24, 2.45) is 0 Å². The van der Waals surface area contributed by atoms with E-state index in [2.05, 4.69) is 34.0 Å². The summed E-state index contributed by atoms with van der Waals surface area (Å²) in [5, 5.41) is 20.1. The van der Waals surface area contributed by atoms with Gasteiger partial charge in [0.15, 0.2) is 11.6 Å². The van der Waals surface area contributed by atoms with Crippen LogP contribution in [0.3, 0.4) is 0 Å². The van der Waals surface area contributed by atoms with Crippen LogP contribution in [0, 0.1) is 35.8 Å².